The van der Waals surface area contributed by atoms with Gasteiger partial charge in [0.15, 0.2) is 0 Å². The second kappa shape index (κ2) is 6.77. The Kier molecular flexibility index (Phi) is 5.64. The Hall–Kier alpha value is -0.730. The molecule has 0 aliphatic heterocycles. The number of hydrogen-bond donors (Lipinski definition) is 1. The number of halogens is 1. The molecule has 0 fully saturated rings. The van der Waals surface area contributed by atoms with Gasteiger partial charge in [-0.25, -0.2) is 0 Å². The van der Waals surface area contributed by atoms with Gasteiger partial charge in [-0.2, -0.15) is 0 Å². The Morgan fingerprint density at radius 2 is 2.19 bits per heavy atom. The fourth-order valence-corrected chi connectivity index (χ4v) is 1.62. The number of rotatable bonds is 6. The minimum atomic E-state index is 0.539. The van der Waals surface area contributed by atoms with Crippen LogP contribution >= 0.6 is 11.6 Å². The Balaban J connectivity index is 2.32. The Labute approximate surface area is 103 Å². The van der Waals surface area contributed by atoms with E-state index in [1.807, 2.05) is 25.1 Å². The van der Waals surface area contributed by atoms with Crippen molar-refractivity contribution in [1.82, 2.24) is 5.32 Å². The topological polar surface area (TPSA) is 21.3 Å². The maximum absolute atomic E-state index is 6.05. The van der Waals surface area contributed by atoms with E-state index in [1.54, 1.807) is 0 Å². The molecule has 1 aromatic rings. The van der Waals surface area contributed by atoms with Crippen LogP contribution in [0.4, 0.5) is 0 Å². The van der Waals surface area contributed by atoms with Crippen molar-refractivity contribution in [3.63, 3.8) is 0 Å². The van der Waals surface area contributed by atoms with Gasteiger partial charge in [-0.15, -0.1) is 0 Å². The van der Waals surface area contributed by atoms with Crippen molar-refractivity contribution in [2.75, 3.05) is 13.2 Å². The molecule has 3 heteroatoms. The van der Waals surface area contributed by atoms with Gasteiger partial charge in [0.2, 0.25) is 0 Å². The Morgan fingerprint density at radius 1 is 1.44 bits per heavy atom. The molecule has 0 saturated heterocycles. The summed E-state index contributed by atoms with van der Waals surface area (Å²) in [5.74, 6) is 0.762. The first-order valence-electron chi connectivity index (χ1n) is 5.75. The predicted octanol–water partition coefficient (Wildman–Crippen LogP) is 3.42. The molecule has 0 bridgehead atoms. The van der Waals surface area contributed by atoms with Crippen LogP contribution in [0.2, 0.25) is 5.02 Å². The number of benzene rings is 1. The molecule has 0 saturated carbocycles. The molecule has 0 radical (unpaired) electrons. The molecule has 90 valence electrons. The lowest BCUT2D eigenvalue weighted by Crippen LogP contribution is -2.29. The minimum absolute atomic E-state index is 0.539. The van der Waals surface area contributed by atoms with E-state index in [-0.39, 0.29) is 0 Å². The highest BCUT2D eigenvalue weighted by molar-refractivity contribution is 6.32. The molecule has 0 heterocycles. The lowest BCUT2D eigenvalue weighted by molar-refractivity contribution is 0.306. The molecule has 0 aliphatic rings. The molecule has 1 rings (SSSR count). The second-order valence-electron chi connectivity index (χ2n) is 4.05. The summed E-state index contributed by atoms with van der Waals surface area (Å²) in [6.45, 7) is 7.83. The summed E-state index contributed by atoms with van der Waals surface area (Å²) >= 11 is 6.05. The quantitative estimate of drug-likeness (QED) is 0.771. The zero-order chi connectivity index (χ0) is 12.0. The van der Waals surface area contributed by atoms with Crippen LogP contribution < -0.4 is 10.1 Å². The Morgan fingerprint density at radius 3 is 2.81 bits per heavy atom. The van der Waals surface area contributed by atoms with Crippen molar-refractivity contribution >= 4 is 11.6 Å². The van der Waals surface area contributed by atoms with Gasteiger partial charge in [0, 0.05) is 12.6 Å². The summed E-state index contributed by atoms with van der Waals surface area (Å²) in [4.78, 5) is 0. The molecule has 0 amide bonds. The highest BCUT2D eigenvalue weighted by atomic mass is 35.5. The van der Waals surface area contributed by atoms with E-state index in [1.165, 1.54) is 0 Å². The van der Waals surface area contributed by atoms with E-state index in [4.69, 9.17) is 16.3 Å². The highest BCUT2D eigenvalue weighted by Gasteiger charge is 2.01. The van der Waals surface area contributed by atoms with Crippen molar-refractivity contribution < 1.29 is 4.74 Å². The number of hydrogen-bond acceptors (Lipinski definition) is 2. The molecular formula is C13H20ClNO. The SMILES string of the molecule is CC[C@H](C)NCCOc1ccc(C)cc1Cl. The van der Waals surface area contributed by atoms with E-state index >= 15 is 0 Å². The summed E-state index contributed by atoms with van der Waals surface area (Å²) < 4.78 is 5.59. The molecular weight excluding hydrogens is 222 g/mol. The summed E-state index contributed by atoms with van der Waals surface area (Å²) in [5, 5.41) is 4.05. The van der Waals surface area contributed by atoms with Crippen LogP contribution in [0.1, 0.15) is 25.8 Å². The van der Waals surface area contributed by atoms with Gasteiger partial charge in [0.05, 0.1) is 5.02 Å². The standard InChI is InChI=1S/C13H20ClNO/c1-4-11(3)15-7-8-16-13-6-5-10(2)9-12(13)14/h5-6,9,11,15H,4,7-8H2,1-3H3/t11-/m0/s1. The lowest BCUT2D eigenvalue weighted by Gasteiger charge is -2.12. The number of nitrogens with one attached hydrogen (secondary N) is 1. The maximum atomic E-state index is 6.05. The molecule has 0 aromatic heterocycles. The number of aryl methyl sites for hydroxylation is 1. The third kappa shape index (κ3) is 4.42. The van der Waals surface area contributed by atoms with Crippen LogP contribution in [-0.2, 0) is 0 Å². The van der Waals surface area contributed by atoms with Gasteiger partial charge < -0.3 is 10.1 Å². The zero-order valence-electron chi connectivity index (χ0n) is 10.2. The molecule has 0 spiro atoms. The average molecular weight is 242 g/mol. The minimum Gasteiger partial charge on any atom is -0.491 e. The van der Waals surface area contributed by atoms with E-state index in [2.05, 4.69) is 19.2 Å². The summed E-state index contributed by atoms with van der Waals surface area (Å²) in [6, 6.07) is 6.38. The van der Waals surface area contributed by atoms with Crippen molar-refractivity contribution in [2.45, 2.75) is 33.2 Å². The smallest absolute Gasteiger partial charge is 0.137 e. The van der Waals surface area contributed by atoms with Crippen LogP contribution in [0.15, 0.2) is 18.2 Å². The molecule has 2 nitrogen and oxygen atoms in total. The first kappa shape index (κ1) is 13.3. The van der Waals surface area contributed by atoms with Gasteiger partial charge in [0.1, 0.15) is 12.4 Å². The summed E-state index contributed by atoms with van der Waals surface area (Å²) in [5.41, 5.74) is 1.15. The van der Waals surface area contributed by atoms with Gasteiger partial charge in [-0.1, -0.05) is 24.6 Å². The average Bonchev–Trinajstić information content (AvgIpc) is 2.26. The van der Waals surface area contributed by atoms with Crippen molar-refractivity contribution in [3.05, 3.63) is 28.8 Å². The van der Waals surface area contributed by atoms with E-state index in [9.17, 15) is 0 Å². The lowest BCUT2D eigenvalue weighted by atomic mass is 10.2. The third-order valence-electron chi connectivity index (χ3n) is 2.55. The van der Waals surface area contributed by atoms with Crippen LogP contribution in [-0.4, -0.2) is 19.2 Å². The fraction of sp³-hybridized carbons (Fsp3) is 0.538. The molecule has 0 unspecified atom stereocenters. The number of ether oxygens (including phenoxy) is 1. The van der Waals surface area contributed by atoms with Crippen LogP contribution in [0.25, 0.3) is 0 Å². The largest absolute Gasteiger partial charge is 0.491 e. The van der Waals surface area contributed by atoms with E-state index in [0.29, 0.717) is 17.7 Å². The van der Waals surface area contributed by atoms with Crippen LogP contribution in [0, 0.1) is 6.92 Å². The molecule has 1 aromatic carbocycles. The third-order valence-corrected chi connectivity index (χ3v) is 2.85. The van der Waals surface area contributed by atoms with Crippen LogP contribution in [0.5, 0.6) is 5.75 Å². The maximum Gasteiger partial charge on any atom is 0.137 e. The first-order chi connectivity index (χ1) is 7.63. The highest BCUT2D eigenvalue weighted by Crippen LogP contribution is 2.24. The Bertz CT molecular complexity index is 328. The molecule has 1 N–H and O–H groups in total. The predicted molar refractivity (Wildman–Crippen MR) is 69.4 cm³/mol. The zero-order valence-corrected chi connectivity index (χ0v) is 11.0. The monoisotopic (exact) mass is 241 g/mol. The van der Waals surface area contributed by atoms with Crippen molar-refractivity contribution in [1.29, 1.82) is 0 Å². The second-order valence-corrected chi connectivity index (χ2v) is 4.45. The molecule has 1 atom stereocenters. The van der Waals surface area contributed by atoms with E-state index in [0.717, 1.165) is 24.3 Å². The fourth-order valence-electron chi connectivity index (χ4n) is 1.33. The van der Waals surface area contributed by atoms with Crippen molar-refractivity contribution in [3.8, 4) is 5.75 Å². The summed E-state index contributed by atoms with van der Waals surface area (Å²) in [7, 11) is 0. The molecule has 0 aliphatic carbocycles. The van der Waals surface area contributed by atoms with Gasteiger partial charge in [-0.3, -0.25) is 0 Å². The normalized spacial score (nSPS) is 12.5. The molecule has 16 heavy (non-hydrogen) atoms. The summed E-state index contributed by atoms with van der Waals surface area (Å²) in [6.07, 6.45) is 1.13. The van der Waals surface area contributed by atoms with Gasteiger partial charge in [-0.05, 0) is 38.0 Å². The van der Waals surface area contributed by atoms with Crippen LogP contribution in [0.3, 0.4) is 0 Å². The first-order valence-corrected chi connectivity index (χ1v) is 6.13. The van der Waals surface area contributed by atoms with E-state index < -0.39 is 0 Å². The van der Waals surface area contributed by atoms with Gasteiger partial charge in [0.25, 0.3) is 0 Å². The van der Waals surface area contributed by atoms with Gasteiger partial charge >= 0.3 is 0 Å². The van der Waals surface area contributed by atoms with Crippen molar-refractivity contribution in [2.24, 2.45) is 0 Å².